The third-order valence-electron chi connectivity index (χ3n) is 2.65. The molecule has 0 aliphatic rings. The largest absolute Gasteiger partial charge is 0.327 e. The predicted molar refractivity (Wildman–Crippen MR) is 71.7 cm³/mol. The van der Waals surface area contributed by atoms with E-state index in [0.29, 0.717) is 12.4 Å². The van der Waals surface area contributed by atoms with Crippen LogP contribution in [0.25, 0.3) is 0 Å². The van der Waals surface area contributed by atoms with Crippen LogP contribution in [-0.2, 0) is 22.6 Å². The summed E-state index contributed by atoms with van der Waals surface area (Å²) in [5.74, 6) is 0.765. The van der Waals surface area contributed by atoms with Gasteiger partial charge in [-0.05, 0) is 6.07 Å². The summed E-state index contributed by atoms with van der Waals surface area (Å²) in [7, 11) is 3.35. The van der Waals surface area contributed by atoms with E-state index in [-0.39, 0.29) is 10.9 Å². The van der Waals surface area contributed by atoms with Gasteiger partial charge in [0.25, 0.3) is 9.05 Å². The fraction of sp³-hybridized carbons (Fsp3) is 0.455. The molecule has 6 nitrogen and oxygen atoms in total. The van der Waals surface area contributed by atoms with E-state index in [4.69, 9.17) is 10.7 Å². The second kappa shape index (κ2) is 4.97. The van der Waals surface area contributed by atoms with Gasteiger partial charge < -0.3 is 4.57 Å². The number of hydrogen-bond acceptors (Lipinski definition) is 4. The van der Waals surface area contributed by atoms with Gasteiger partial charge in [-0.1, -0.05) is 13.8 Å². The Morgan fingerprint density at radius 2 is 2.11 bits per heavy atom. The van der Waals surface area contributed by atoms with Crippen molar-refractivity contribution in [3.05, 3.63) is 30.0 Å². The molecule has 0 spiro atoms. The van der Waals surface area contributed by atoms with E-state index in [1.165, 1.54) is 6.20 Å². The van der Waals surface area contributed by atoms with Gasteiger partial charge in [0, 0.05) is 36.0 Å². The summed E-state index contributed by atoms with van der Waals surface area (Å²) in [6.45, 7) is 4.36. The number of aromatic nitrogens is 4. The van der Waals surface area contributed by atoms with E-state index < -0.39 is 9.05 Å². The summed E-state index contributed by atoms with van der Waals surface area (Å²) < 4.78 is 26.2. The van der Waals surface area contributed by atoms with Crippen molar-refractivity contribution in [3.8, 4) is 0 Å². The van der Waals surface area contributed by atoms with E-state index in [1.54, 1.807) is 9.25 Å². The Kier molecular flexibility index (Phi) is 3.69. The molecular weight excluding hydrogens is 288 g/mol. The number of aryl methyl sites for hydroxylation is 1. The van der Waals surface area contributed by atoms with Crippen LogP contribution in [0.2, 0.25) is 0 Å². The first kappa shape index (κ1) is 14.1. The molecule has 0 fully saturated rings. The fourth-order valence-corrected chi connectivity index (χ4v) is 2.51. The Hall–Kier alpha value is -1.34. The lowest BCUT2D eigenvalue weighted by atomic mass is 10.2. The van der Waals surface area contributed by atoms with E-state index in [9.17, 15) is 8.42 Å². The fourth-order valence-electron chi connectivity index (χ4n) is 1.83. The van der Waals surface area contributed by atoms with Gasteiger partial charge in [0.05, 0.1) is 12.2 Å². The Bertz CT molecular complexity index is 687. The quantitative estimate of drug-likeness (QED) is 0.806. The van der Waals surface area contributed by atoms with Crippen molar-refractivity contribution in [2.24, 2.45) is 7.05 Å². The van der Waals surface area contributed by atoms with E-state index >= 15 is 0 Å². The molecule has 2 heterocycles. The average Bonchev–Trinajstić information content (AvgIpc) is 2.85. The number of nitrogens with zero attached hydrogens (tertiary/aromatic N) is 4. The molecule has 0 amide bonds. The minimum atomic E-state index is -3.81. The summed E-state index contributed by atoms with van der Waals surface area (Å²) in [5, 5.41) is 4.15. The van der Waals surface area contributed by atoms with Gasteiger partial charge in [-0.3, -0.25) is 4.68 Å². The zero-order valence-electron chi connectivity index (χ0n) is 10.9. The Morgan fingerprint density at radius 1 is 1.42 bits per heavy atom. The second-order valence-corrected chi connectivity index (χ2v) is 7.15. The Balaban J connectivity index is 2.41. The molecule has 0 aromatic carbocycles. The second-order valence-electron chi connectivity index (χ2n) is 4.64. The Labute approximate surface area is 116 Å². The summed E-state index contributed by atoms with van der Waals surface area (Å²) in [6.07, 6.45) is 3.28. The van der Waals surface area contributed by atoms with Gasteiger partial charge in [0.2, 0.25) is 0 Å². The van der Waals surface area contributed by atoms with Gasteiger partial charge in [-0.25, -0.2) is 13.4 Å². The lowest BCUT2D eigenvalue weighted by Crippen LogP contribution is -2.06. The van der Waals surface area contributed by atoms with Crippen molar-refractivity contribution in [2.45, 2.75) is 31.3 Å². The molecule has 19 heavy (non-hydrogen) atoms. The number of halogens is 1. The van der Waals surface area contributed by atoms with Crippen molar-refractivity contribution in [1.29, 1.82) is 0 Å². The van der Waals surface area contributed by atoms with Crippen LogP contribution in [0, 0.1) is 0 Å². The third-order valence-corrected chi connectivity index (χ3v) is 3.82. The van der Waals surface area contributed by atoms with Crippen LogP contribution in [0.3, 0.4) is 0 Å². The number of rotatable bonds is 4. The molecule has 0 saturated heterocycles. The zero-order valence-corrected chi connectivity index (χ0v) is 12.5. The number of imidazole rings is 1. The standard InChI is InChI=1S/C11H15ClN4O2S/c1-8(2)11-13-10(19(12,17)18)7-16(11)6-9-4-5-15(3)14-9/h4-5,7-8H,6H2,1-3H3. The molecular formula is C11H15ClN4O2S. The molecule has 0 aliphatic carbocycles. The lowest BCUT2D eigenvalue weighted by molar-refractivity contribution is 0.606. The molecule has 0 radical (unpaired) electrons. The maximum absolute atomic E-state index is 11.3. The van der Waals surface area contributed by atoms with Gasteiger partial charge >= 0.3 is 0 Å². The van der Waals surface area contributed by atoms with Gasteiger partial charge in [-0.15, -0.1) is 0 Å². The lowest BCUT2D eigenvalue weighted by Gasteiger charge is -2.08. The van der Waals surface area contributed by atoms with Crippen LogP contribution in [0.4, 0.5) is 0 Å². The molecule has 0 bridgehead atoms. The first-order chi connectivity index (χ1) is 8.77. The highest BCUT2D eigenvalue weighted by molar-refractivity contribution is 8.13. The molecule has 2 rings (SSSR count). The van der Waals surface area contributed by atoms with Crippen molar-refractivity contribution in [2.75, 3.05) is 0 Å². The first-order valence-corrected chi connectivity index (χ1v) is 8.08. The highest BCUT2D eigenvalue weighted by Crippen LogP contribution is 2.20. The molecule has 2 aromatic rings. The monoisotopic (exact) mass is 302 g/mol. The molecule has 0 saturated carbocycles. The maximum atomic E-state index is 11.3. The molecule has 0 aliphatic heterocycles. The highest BCUT2D eigenvalue weighted by Gasteiger charge is 2.19. The third kappa shape index (κ3) is 3.16. The van der Waals surface area contributed by atoms with Crippen molar-refractivity contribution in [3.63, 3.8) is 0 Å². The smallest absolute Gasteiger partial charge is 0.280 e. The predicted octanol–water partition coefficient (Wildman–Crippen LogP) is 1.72. The van der Waals surface area contributed by atoms with Crippen molar-refractivity contribution in [1.82, 2.24) is 19.3 Å². The summed E-state index contributed by atoms with van der Waals surface area (Å²) >= 11 is 0. The first-order valence-electron chi connectivity index (χ1n) is 5.77. The minimum absolute atomic E-state index is 0.0934. The molecule has 0 N–H and O–H groups in total. The van der Waals surface area contributed by atoms with E-state index in [2.05, 4.69) is 10.1 Å². The van der Waals surface area contributed by atoms with Crippen LogP contribution in [0.5, 0.6) is 0 Å². The summed E-state index contributed by atoms with van der Waals surface area (Å²) in [6, 6.07) is 1.87. The van der Waals surface area contributed by atoms with Gasteiger partial charge in [-0.2, -0.15) is 5.10 Å². The zero-order chi connectivity index (χ0) is 14.2. The minimum Gasteiger partial charge on any atom is -0.327 e. The van der Waals surface area contributed by atoms with Gasteiger partial charge in [0.15, 0.2) is 5.03 Å². The highest BCUT2D eigenvalue weighted by atomic mass is 35.7. The van der Waals surface area contributed by atoms with Crippen LogP contribution >= 0.6 is 10.7 Å². The van der Waals surface area contributed by atoms with Crippen LogP contribution in [0.1, 0.15) is 31.3 Å². The van der Waals surface area contributed by atoms with Crippen molar-refractivity contribution >= 4 is 19.7 Å². The SMILES string of the molecule is CC(C)c1nc(S(=O)(=O)Cl)cn1Cc1ccn(C)n1. The molecule has 0 atom stereocenters. The molecule has 8 heteroatoms. The van der Waals surface area contributed by atoms with E-state index in [0.717, 1.165) is 5.69 Å². The summed E-state index contributed by atoms with van der Waals surface area (Å²) in [5.41, 5.74) is 0.834. The molecule has 2 aromatic heterocycles. The van der Waals surface area contributed by atoms with Crippen LogP contribution in [-0.4, -0.2) is 27.7 Å². The van der Waals surface area contributed by atoms with E-state index in [1.807, 2.05) is 33.2 Å². The van der Waals surface area contributed by atoms with Gasteiger partial charge in [0.1, 0.15) is 5.82 Å². The molecule has 104 valence electrons. The van der Waals surface area contributed by atoms with Crippen molar-refractivity contribution < 1.29 is 8.42 Å². The maximum Gasteiger partial charge on any atom is 0.280 e. The normalized spacial score (nSPS) is 12.3. The van der Waals surface area contributed by atoms with Crippen LogP contribution < -0.4 is 0 Å². The molecule has 0 unspecified atom stereocenters. The average molecular weight is 303 g/mol. The topological polar surface area (TPSA) is 69.8 Å². The summed E-state index contributed by atoms with van der Waals surface area (Å²) in [4.78, 5) is 4.09. The number of hydrogen-bond donors (Lipinski definition) is 0. The van der Waals surface area contributed by atoms with Crippen LogP contribution in [0.15, 0.2) is 23.5 Å². The Morgan fingerprint density at radius 3 is 2.58 bits per heavy atom.